The first-order valence-electron chi connectivity index (χ1n) is 7.36. The van der Waals surface area contributed by atoms with Crippen molar-refractivity contribution in [2.45, 2.75) is 58.0 Å². The molecule has 1 atom stereocenters. The minimum Gasteiger partial charge on any atom is -0.480 e. The summed E-state index contributed by atoms with van der Waals surface area (Å²) in [7, 11) is -3.67. The van der Waals surface area contributed by atoms with E-state index in [9.17, 15) is 18.3 Å². The van der Waals surface area contributed by atoms with Gasteiger partial charge in [-0.25, -0.2) is 17.9 Å². The molecule has 1 aromatic carbocycles. The lowest BCUT2D eigenvalue weighted by Crippen LogP contribution is -2.41. The number of nitrogens with one attached hydrogen (secondary N) is 2. The lowest BCUT2D eigenvalue weighted by molar-refractivity contribution is -0.140. The highest BCUT2D eigenvalue weighted by Gasteiger charge is 2.31. The average Bonchev–Trinajstić information content (AvgIpc) is 2.31. The third-order valence-electron chi connectivity index (χ3n) is 3.01. The normalized spacial score (nSPS) is 14.3. The molecule has 6 nitrogen and oxygen atoms in total. The van der Waals surface area contributed by atoms with E-state index in [4.69, 9.17) is 0 Å². The molecule has 0 fully saturated rings. The van der Waals surface area contributed by atoms with Crippen LogP contribution in [0.4, 0.5) is 5.69 Å². The maximum absolute atomic E-state index is 12.4. The molecule has 0 aliphatic rings. The van der Waals surface area contributed by atoms with Crippen molar-refractivity contribution in [3.8, 4) is 0 Å². The zero-order chi connectivity index (χ0) is 18.1. The van der Waals surface area contributed by atoms with Gasteiger partial charge in [-0.3, -0.25) is 0 Å². The molecular formula is C16H26N2O4S. The molecular weight excluding hydrogens is 316 g/mol. The van der Waals surface area contributed by atoms with Gasteiger partial charge in [-0.05, 0) is 44.4 Å². The Morgan fingerprint density at radius 2 is 1.70 bits per heavy atom. The number of anilines is 1. The minimum absolute atomic E-state index is 0.0930. The van der Waals surface area contributed by atoms with E-state index < -0.39 is 33.0 Å². The zero-order valence-corrected chi connectivity index (χ0v) is 15.3. The molecule has 7 heteroatoms. The Balaban J connectivity index is 3.13. The van der Waals surface area contributed by atoms with Crippen LogP contribution in [0.3, 0.4) is 0 Å². The van der Waals surface area contributed by atoms with Crippen LogP contribution in [0.15, 0.2) is 29.2 Å². The first kappa shape index (κ1) is 19.4. The van der Waals surface area contributed by atoms with E-state index in [1.54, 1.807) is 53.7 Å². The van der Waals surface area contributed by atoms with Gasteiger partial charge in [0.05, 0.1) is 4.90 Å². The van der Waals surface area contributed by atoms with Crippen LogP contribution < -0.4 is 10.0 Å². The molecule has 0 radical (unpaired) electrons. The molecule has 3 N–H and O–H groups in total. The Morgan fingerprint density at radius 3 is 2.13 bits per heavy atom. The van der Waals surface area contributed by atoms with Gasteiger partial charge >= 0.3 is 5.97 Å². The molecule has 0 spiro atoms. The summed E-state index contributed by atoms with van der Waals surface area (Å²) in [6, 6.07) is 5.32. The molecule has 1 rings (SSSR count). The van der Waals surface area contributed by atoms with Crippen LogP contribution in [0.5, 0.6) is 0 Å². The predicted octanol–water partition coefficient (Wildman–Crippen LogP) is 2.67. The van der Waals surface area contributed by atoms with Crippen LogP contribution >= 0.6 is 0 Å². The van der Waals surface area contributed by atoms with Gasteiger partial charge in [0.2, 0.25) is 10.0 Å². The number of hydrogen-bond acceptors (Lipinski definition) is 4. The van der Waals surface area contributed by atoms with Gasteiger partial charge in [0.1, 0.15) is 6.04 Å². The predicted molar refractivity (Wildman–Crippen MR) is 91.0 cm³/mol. The minimum atomic E-state index is -3.67. The van der Waals surface area contributed by atoms with Gasteiger partial charge in [0.25, 0.3) is 0 Å². The van der Waals surface area contributed by atoms with E-state index >= 15 is 0 Å². The Hall–Kier alpha value is -1.60. The van der Waals surface area contributed by atoms with Crippen LogP contribution in [-0.2, 0) is 14.8 Å². The highest BCUT2D eigenvalue weighted by Crippen LogP contribution is 2.25. The number of hydrogen-bond donors (Lipinski definition) is 3. The van der Waals surface area contributed by atoms with Crippen LogP contribution in [0.1, 0.15) is 41.5 Å². The summed E-state index contributed by atoms with van der Waals surface area (Å²) < 4.78 is 27.3. The van der Waals surface area contributed by atoms with Gasteiger partial charge in [0.15, 0.2) is 0 Å². The molecule has 0 amide bonds. The Morgan fingerprint density at radius 1 is 1.13 bits per heavy atom. The monoisotopic (exact) mass is 342 g/mol. The zero-order valence-electron chi connectivity index (χ0n) is 14.5. The lowest BCUT2D eigenvalue weighted by Gasteiger charge is -2.29. The Bertz CT molecular complexity index is 670. The number of carbonyl (C=O) groups is 1. The summed E-state index contributed by atoms with van der Waals surface area (Å²) in [5.41, 5.74) is -0.675. The maximum Gasteiger partial charge on any atom is 0.326 e. The molecule has 1 unspecified atom stereocenters. The van der Waals surface area contributed by atoms with Gasteiger partial charge in [-0.2, -0.15) is 0 Å². The maximum atomic E-state index is 12.4. The number of sulfonamides is 1. The van der Waals surface area contributed by atoms with Crippen LogP contribution in [0.25, 0.3) is 0 Å². The number of benzene rings is 1. The van der Waals surface area contributed by atoms with E-state index in [2.05, 4.69) is 10.0 Å². The first-order valence-corrected chi connectivity index (χ1v) is 8.84. The quantitative estimate of drug-likeness (QED) is 0.764. The second-order valence-corrected chi connectivity index (χ2v) is 9.35. The molecule has 0 aromatic heterocycles. The van der Waals surface area contributed by atoms with E-state index in [-0.39, 0.29) is 4.90 Å². The van der Waals surface area contributed by atoms with Crippen molar-refractivity contribution in [1.82, 2.24) is 4.72 Å². The molecule has 0 saturated heterocycles. The standard InChI is InChI=1S/C16H26N2O4S/c1-15(2,3)13(14(19)20)17-11-8-7-9-12(10-11)23(21,22)18-16(4,5)6/h7-10,13,17-18H,1-6H3,(H,19,20). The van der Waals surface area contributed by atoms with E-state index in [1.807, 2.05) is 0 Å². The summed E-state index contributed by atoms with van der Waals surface area (Å²) in [5, 5.41) is 12.3. The second-order valence-electron chi connectivity index (χ2n) is 7.66. The molecule has 23 heavy (non-hydrogen) atoms. The van der Waals surface area contributed by atoms with Crippen LogP contribution in [0.2, 0.25) is 0 Å². The van der Waals surface area contributed by atoms with Crippen LogP contribution in [-0.4, -0.2) is 31.1 Å². The average molecular weight is 342 g/mol. The lowest BCUT2D eigenvalue weighted by atomic mass is 9.86. The molecule has 0 bridgehead atoms. The molecule has 1 aromatic rings. The van der Waals surface area contributed by atoms with Crippen molar-refractivity contribution < 1.29 is 18.3 Å². The fourth-order valence-electron chi connectivity index (χ4n) is 2.03. The topological polar surface area (TPSA) is 95.5 Å². The largest absolute Gasteiger partial charge is 0.480 e. The van der Waals surface area contributed by atoms with Crippen molar-refractivity contribution in [2.75, 3.05) is 5.32 Å². The van der Waals surface area contributed by atoms with Crippen molar-refractivity contribution in [2.24, 2.45) is 5.41 Å². The van der Waals surface area contributed by atoms with Gasteiger partial charge in [-0.15, -0.1) is 0 Å². The van der Waals surface area contributed by atoms with Crippen molar-refractivity contribution in [3.63, 3.8) is 0 Å². The third-order valence-corrected chi connectivity index (χ3v) is 4.76. The van der Waals surface area contributed by atoms with Crippen molar-refractivity contribution >= 4 is 21.7 Å². The molecule has 0 aliphatic carbocycles. The van der Waals surface area contributed by atoms with Crippen LogP contribution in [0, 0.1) is 5.41 Å². The Kier molecular flexibility index (Phi) is 5.49. The van der Waals surface area contributed by atoms with Gasteiger partial charge < -0.3 is 10.4 Å². The van der Waals surface area contributed by atoms with E-state index in [1.165, 1.54) is 12.1 Å². The van der Waals surface area contributed by atoms with E-state index in [0.717, 1.165) is 0 Å². The fourth-order valence-corrected chi connectivity index (χ4v) is 3.49. The summed E-state index contributed by atoms with van der Waals surface area (Å²) in [6.45, 7) is 10.7. The molecule has 0 saturated carbocycles. The molecule has 130 valence electrons. The number of rotatable bonds is 5. The summed E-state index contributed by atoms with van der Waals surface area (Å²) in [6.07, 6.45) is 0. The SMILES string of the molecule is CC(C)(C)NS(=O)(=O)c1cccc(NC(C(=O)O)C(C)(C)C)c1. The summed E-state index contributed by atoms with van der Waals surface area (Å²) >= 11 is 0. The second kappa shape index (κ2) is 6.49. The van der Waals surface area contributed by atoms with Gasteiger partial charge in [0, 0.05) is 11.2 Å². The third kappa shape index (κ3) is 5.84. The number of carboxylic acid groups (broad SMARTS) is 1. The smallest absolute Gasteiger partial charge is 0.326 e. The van der Waals surface area contributed by atoms with Gasteiger partial charge in [-0.1, -0.05) is 26.8 Å². The number of carboxylic acids is 1. The Labute approximate surface area is 138 Å². The van der Waals surface area contributed by atoms with Crippen molar-refractivity contribution in [3.05, 3.63) is 24.3 Å². The molecule has 0 heterocycles. The fraction of sp³-hybridized carbons (Fsp3) is 0.562. The van der Waals surface area contributed by atoms with Crippen molar-refractivity contribution in [1.29, 1.82) is 0 Å². The first-order chi connectivity index (χ1) is 10.2. The highest BCUT2D eigenvalue weighted by atomic mass is 32.2. The summed E-state index contributed by atoms with van der Waals surface area (Å²) in [4.78, 5) is 11.5. The van der Waals surface area contributed by atoms with E-state index in [0.29, 0.717) is 5.69 Å². The summed E-state index contributed by atoms with van der Waals surface area (Å²) in [5.74, 6) is -0.987. The molecule has 0 aliphatic heterocycles. The number of aliphatic carboxylic acids is 1. The highest BCUT2D eigenvalue weighted by molar-refractivity contribution is 7.89.